The van der Waals surface area contributed by atoms with E-state index in [2.05, 4.69) is 15.4 Å². The van der Waals surface area contributed by atoms with Crippen LogP contribution in [-0.4, -0.2) is 37.6 Å². The van der Waals surface area contributed by atoms with Crippen molar-refractivity contribution < 1.29 is 18.0 Å². The van der Waals surface area contributed by atoms with Crippen LogP contribution in [-0.2, 0) is 14.8 Å². The molecule has 0 aromatic heterocycles. The number of sulfonamides is 1. The standard InChI is InChI=1S/C23H35N3O4S/c1-16(2)31(29,30)26-21-14-10-18(11-15-21)23(28)25-20-12-8-17(9-13-20)22(27)24-19-6-4-3-5-7-19/h8-9,12-13,16,18-19,21,26H,3-7,10-11,14-15H2,1-2H3,(H,24,27)(H,25,28)/t18-,21-. The van der Waals surface area contributed by atoms with E-state index in [1.54, 1.807) is 38.1 Å². The van der Waals surface area contributed by atoms with E-state index in [9.17, 15) is 18.0 Å². The maximum Gasteiger partial charge on any atom is 0.251 e. The predicted molar refractivity (Wildman–Crippen MR) is 122 cm³/mol. The van der Waals surface area contributed by atoms with Crippen molar-refractivity contribution in [3.05, 3.63) is 29.8 Å². The molecule has 8 heteroatoms. The van der Waals surface area contributed by atoms with Gasteiger partial charge in [-0.1, -0.05) is 19.3 Å². The molecule has 0 saturated heterocycles. The number of hydrogen-bond donors (Lipinski definition) is 3. The molecule has 7 nitrogen and oxygen atoms in total. The first kappa shape index (κ1) is 23.7. The van der Waals surface area contributed by atoms with Crippen molar-refractivity contribution >= 4 is 27.5 Å². The van der Waals surface area contributed by atoms with Gasteiger partial charge in [-0.15, -0.1) is 0 Å². The molecule has 0 bridgehead atoms. The lowest BCUT2D eigenvalue weighted by Crippen LogP contribution is -2.42. The largest absolute Gasteiger partial charge is 0.349 e. The highest BCUT2D eigenvalue weighted by molar-refractivity contribution is 7.90. The zero-order chi connectivity index (χ0) is 22.4. The van der Waals surface area contributed by atoms with E-state index in [-0.39, 0.29) is 29.8 Å². The summed E-state index contributed by atoms with van der Waals surface area (Å²) in [5, 5.41) is 5.57. The Bertz CT molecular complexity index is 853. The summed E-state index contributed by atoms with van der Waals surface area (Å²) in [4.78, 5) is 25.0. The highest BCUT2D eigenvalue weighted by Gasteiger charge is 2.29. The van der Waals surface area contributed by atoms with Gasteiger partial charge in [0.25, 0.3) is 5.91 Å². The molecule has 2 saturated carbocycles. The lowest BCUT2D eigenvalue weighted by atomic mass is 9.86. The van der Waals surface area contributed by atoms with Crippen LogP contribution < -0.4 is 15.4 Å². The Morgan fingerprint density at radius 1 is 0.871 bits per heavy atom. The van der Waals surface area contributed by atoms with Gasteiger partial charge in [0.1, 0.15) is 0 Å². The van der Waals surface area contributed by atoms with Crippen molar-refractivity contribution in [1.82, 2.24) is 10.0 Å². The maximum absolute atomic E-state index is 12.6. The first-order valence-electron chi connectivity index (χ1n) is 11.5. The fourth-order valence-electron chi connectivity index (χ4n) is 4.31. The minimum atomic E-state index is -3.29. The lowest BCUT2D eigenvalue weighted by molar-refractivity contribution is -0.120. The van der Waals surface area contributed by atoms with Crippen molar-refractivity contribution in [2.75, 3.05) is 5.32 Å². The first-order valence-corrected chi connectivity index (χ1v) is 13.0. The number of carbonyl (C=O) groups excluding carboxylic acids is 2. The Morgan fingerprint density at radius 2 is 1.48 bits per heavy atom. The quantitative estimate of drug-likeness (QED) is 0.592. The van der Waals surface area contributed by atoms with Gasteiger partial charge in [0.15, 0.2) is 0 Å². The topological polar surface area (TPSA) is 104 Å². The number of rotatable bonds is 7. The van der Waals surface area contributed by atoms with Crippen molar-refractivity contribution in [3.8, 4) is 0 Å². The molecule has 31 heavy (non-hydrogen) atoms. The molecule has 1 aromatic rings. The summed E-state index contributed by atoms with van der Waals surface area (Å²) in [6.07, 6.45) is 8.29. The van der Waals surface area contributed by atoms with Gasteiger partial charge in [-0.3, -0.25) is 9.59 Å². The van der Waals surface area contributed by atoms with E-state index in [0.717, 1.165) is 12.8 Å². The van der Waals surface area contributed by atoms with Gasteiger partial charge in [0.2, 0.25) is 15.9 Å². The van der Waals surface area contributed by atoms with E-state index in [1.807, 2.05) is 0 Å². The third-order valence-corrected chi connectivity index (χ3v) is 8.31. The molecule has 1 aromatic carbocycles. The van der Waals surface area contributed by atoms with E-state index >= 15 is 0 Å². The summed E-state index contributed by atoms with van der Waals surface area (Å²) in [6, 6.07) is 7.17. The van der Waals surface area contributed by atoms with E-state index in [4.69, 9.17) is 0 Å². The molecular formula is C23H35N3O4S. The molecule has 3 rings (SSSR count). The third kappa shape index (κ3) is 6.77. The Labute approximate surface area is 185 Å². The fourth-order valence-corrected chi connectivity index (χ4v) is 5.28. The van der Waals surface area contributed by atoms with Crippen LogP contribution in [0.2, 0.25) is 0 Å². The Morgan fingerprint density at radius 3 is 2.06 bits per heavy atom. The summed E-state index contributed by atoms with van der Waals surface area (Å²) in [5.41, 5.74) is 1.27. The second-order valence-corrected chi connectivity index (χ2v) is 11.4. The molecule has 2 aliphatic carbocycles. The number of anilines is 1. The van der Waals surface area contributed by atoms with Crippen LogP contribution in [0, 0.1) is 5.92 Å². The second kappa shape index (κ2) is 10.6. The Kier molecular flexibility index (Phi) is 8.11. The van der Waals surface area contributed by atoms with Crippen molar-refractivity contribution in [2.24, 2.45) is 5.92 Å². The van der Waals surface area contributed by atoms with Crippen LogP contribution in [0.5, 0.6) is 0 Å². The fraction of sp³-hybridized carbons (Fsp3) is 0.652. The Hall–Kier alpha value is -1.93. The minimum absolute atomic E-state index is 0.0513. The van der Waals surface area contributed by atoms with Crippen LogP contribution in [0.3, 0.4) is 0 Å². The molecule has 0 heterocycles. The minimum Gasteiger partial charge on any atom is -0.349 e. The zero-order valence-electron chi connectivity index (χ0n) is 18.5. The lowest BCUT2D eigenvalue weighted by Gasteiger charge is -2.28. The van der Waals surface area contributed by atoms with Crippen LogP contribution in [0.1, 0.15) is 82.0 Å². The molecule has 0 unspecified atom stereocenters. The highest BCUT2D eigenvalue weighted by Crippen LogP contribution is 2.26. The predicted octanol–water partition coefficient (Wildman–Crippen LogP) is 3.57. The first-order chi connectivity index (χ1) is 14.7. The number of nitrogens with one attached hydrogen (secondary N) is 3. The summed E-state index contributed by atoms with van der Waals surface area (Å²) >= 11 is 0. The van der Waals surface area contributed by atoms with Gasteiger partial charge in [-0.05, 0) is 76.6 Å². The van der Waals surface area contributed by atoms with Crippen molar-refractivity contribution in [3.63, 3.8) is 0 Å². The van der Waals surface area contributed by atoms with E-state index in [0.29, 0.717) is 36.9 Å². The van der Waals surface area contributed by atoms with Gasteiger partial charge in [0, 0.05) is 29.3 Å². The number of benzene rings is 1. The molecule has 3 N–H and O–H groups in total. The summed E-state index contributed by atoms with van der Waals surface area (Å²) < 4.78 is 26.8. The molecule has 2 fully saturated rings. The van der Waals surface area contributed by atoms with Crippen LogP contribution in [0.15, 0.2) is 24.3 Å². The highest BCUT2D eigenvalue weighted by atomic mass is 32.2. The average Bonchev–Trinajstić information content (AvgIpc) is 2.75. The third-order valence-electron chi connectivity index (χ3n) is 6.40. The smallest absolute Gasteiger partial charge is 0.251 e. The van der Waals surface area contributed by atoms with Crippen molar-refractivity contribution in [2.45, 2.75) is 89.0 Å². The van der Waals surface area contributed by atoms with Crippen LogP contribution >= 0.6 is 0 Å². The summed E-state index contributed by atoms with van der Waals surface area (Å²) in [5.74, 6) is -0.245. The number of hydrogen-bond acceptors (Lipinski definition) is 4. The normalized spacial score (nSPS) is 22.8. The number of amides is 2. The zero-order valence-corrected chi connectivity index (χ0v) is 19.3. The molecule has 2 amide bonds. The summed E-state index contributed by atoms with van der Waals surface area (Å²) in [6.45, 7) is 3.32. The average molecular weight is 450 g/mol. The van der Waals surface area contributed by atoms with Crippen LogP contribution in [0.4, 0.5) is 5.69 Å². The van der Waals surface area contributed by atoms with Gasteiger partial charge in [0.05, 0.1) is 5.25 Å². The van der Waals surface area contributed by atoms with Gasteiger partial charge < -0.3 is 10.6 Å². The van der Waals surface area contributed by atoms with Crippen LogP contribution in [0.25, 0.3) is 0 Å². The van der Waals surface area contributed by atoms with Gasteiger partial charge in [-0.25, -0.2) is 13.1 Å². The number of carbonyl (C=O) groups is 2. The molecule has 0 spiro atoms. The van der Waals surface area contributed by atoms with E-state index < -0.39 is 15.3 Å². The maximum atomic E-state index is 12.6. The van der Waals surface area contributed by atoms with E-state index in [1.165, 1.54) is 19.3 Å². The second-order valence-electron chi connectivity index (χ2n) is 9.14. The molecule has 0 radical (unpaired) electrons. The molecule has 2 aliphatic rings. The molecule has 172 valence electrons. The van der Waals surface area contributed by atoms with Gasteiger partial charge >= 0.3 is 0 Å². The monoisotopic (exact) mass is 449 g/mol. The molecule has 0 aliphatic heterocycles. The van der Waals surface area contributed by atoms with Gasteiger partial charge in [-0.2, -0.15) is 0 Å². The summed E-state index contributed by atoms with van der Waals surface area (Å²) in [7, 11) is -3.29. The Balaban J connectivity index is 1.46. The SMILES string of the molecule is CC(C)S(=O)(=O)N[C@H]1CC[C@H](C(=O)Nc2ccc(C(=O)NC3CCCCC3)cc2)CC1. The molecule has 0 atom stereocenters. The van der Waals surface area contributed by atoms with Crippen molar-refractivity contribution in [1.29, 1.82) is 0 Å². The molecular weight excluding hydrogens is 414 g/mol.